The first-order valence-electron chi connectivity index (χ1n) is 0.651. The first-order valence-corrected chi connectivity index (χ1v) is 0.651. The molecule has 0 radical (unpaired) electrons. The third-order valence-electron chi connectivity index (χ3n) is 0. The van der Waals surface area contributed by atoms with Crippen LogP contribution < -0.4 is 0 Å². The van der Waals surface area contributed by atoms with E-state index in [0.717, 1.165) is 0 Å². The molecule has 5 nitrogen and oxygen atoms in total. The van der Waals surface area contributed by atoms with Gasteiger partial charge in [0, 0.05) is 0 Å². The summed E-state index contributed by atoms with van der Waals surface area (Å²) in [5, 5.41) is 13.9. The molecule has 7 heavy (non-hydrogen) atoms. The summed E-state index contributed by atoms with van der Waals surface area (Å²) in [5.74, 6) is 0. The first kappa shape index (κ1) is 25.1. The van der Waals surface area contributed by atoms with Gasteiger partial charge in [-0.15, -0.1) is 0 Å². The standard InChI is InChI=1S/CH2O3.Ba.2H2O.2H/c2-1(3)4;;;;;/h(H2,2,3,4);;2*1H2;;. The second-order valence-electron chi connectivity index (χ2n) is 0.283. The third kappa shape index (κ3) is 264. The van der Waals surface area contributed by atoms with Crippen LogP contribution in [0, 0.1) is 0 Å². The van der Waals surface area contributed by atoms with Crippen molar-refractivity contribution in [2.45, 2.75) is 0 Å². The fraction of sp³-hybridized carbons (Fsp3) is 0. The second-order valence-corrected chi connectivity index (χ2v) is 0.283. The van der Waals surface area contributed by atoms with E-state index in [2.05, 4.69) is 0 Å². The molecule has 0 bridgehead atoms. The SMILES string of the molecule is O.O.O=C(O)O.[BaH2]. The Morgan fingerprint density at radius 2 is 1.14 bits per heavy atom. The van der Waals surface area contributed by atoms with Crippen LogP contribution in [0.4, 0.5) is 4.79 Å². The van der Waals surface area contributed by atoms with Crippen LogP contribution in [-0.4, -0.2) is 76.2 Å². The number of hydrogen-bond acceptors (Lipinski definition) is 1. The van der Waals surface area contributed by atoms with Gasteiger partial charge in [-0.3, -0.25) is 0 Å². The zero-order valence-electron chi connectivity index (χ0n) is 2.80. The van der Waals surface area contributed by atoms with Gasteiger partial charge in [0.2, 0.25) is 0 Å². The fourth-order valence-corrected chi connectivity index (χ4v) is 0. The summed E-state index contributed by atoms with van der Waals surface area (Å²) in [6, 6.07) is 0. The predicted octanol–water partition coefficient (Wildman–Crippen LogP) is -2.34. The molecule has 0 saturated heterocycles. The van der Waals surface area contributed by atoms with Gasteiger partial charge in [-0.2, -0.15) is 0 Å². The number of carboxylic acid groups (broad SMARTS) is 2. The molecule has 6 N–H and O–H groups in total. The number of hydrogen-bond donors (Lipinski definition) is 2. The maximum absolute atomic E-state index is 8.56. The van der Waals surface area contributed by atoms with Crippen molar-refractivity contribution < 1.29 is 26.0 Å². The second kappa shape index (κ2) is 15.9. The molecular weight excluding hydrogens is 229 g/mol. The quantitative estimate of drug-likeness (QED) is 0.459. The van der Waals surface area contributed by atoms with Gasteiger partial charge >= 0.3 is 55.0 Å². The average molecular weight is 237 g/mol. The molecule has 0 amide bonds. The van der Waals surface area contributed by atoms with Gasteiger partial charge in [-0.1, -0.05) is 0 Å². The average Bonchev–Trinajstić information content (AvgIpc) is 0.811. The first-order chi connectivity index (χ1) is 1.73. The Balaban J connectivity index is -0.0000000150. The van der Waals surface area contributed by atoms with Gasteiger partial charge in [0.1, 0.15) is 0 Å². The Bertz CT molecular complexity index is 31.1. The van der Waals surface area contributed by atoms with Crippen LogP contribution in [0.3, 0.4) is 0 Å². The zero-order valence-corrected chi connectivity index (χ0v) is 2.80. The van der Waals surface area contributed by atoms with Crippen LogP contribution in [0.15, 0.2) is 0 Å². The summed E-state index contributed by atoms with van der Waals surface area (Å²) in [4.78, 5) is 8.56. The van der Waals surface area contributed by atoms with E-state index < -0.39 is 6.16 Å². The van der Waals surface area contributed by atoms with E-state index in [9.17, 15) is 0 Å². The van der Waals surface area contributed by atoms with Gasteiger partial charge in [0.25, 0.3) is 0 Å². The van der Waals surface area contributed by atoms with E-state index in [-0.39, 0.29) is 59.8 Å². The summed E-state index contributed by atoms with van der Waals surface area (Å²) in [7, 11) is 0. The topological polar surface area (TPSA) is 121 Å². The van der Waals surface area contributed by atoms with Crippen molar-refractivity contribution in [3.8, 4) is 0 Å². The van der Waals surface area contributed by atoms with E-state index in [0.29, 0.717) is 0 Å². The Morgan fingerprint density at radius 3 is 1.14 bits per heavy atom. The van der Waals surface area contributed by atoms with Crippen molar-refractivity contribution >= 4 is 55.0 Å². The molecule has 0 spiro atoms. The molecule has 0 aliphatic heterocycles. The third-order valence-corrected chi connectivity index (χ3v) is 0. The molecule has 6 heteroatoms. The Labute approximate surface area is 80.0 Å². The molecule has 44 valence electrons. The summed E-state index contributed by atoms with van der Waals surface area (Å²) in [6.07, 6.45) is -1.83. The van der Waals surface area contributed by atoms with E-state index in [1.165, 1.54) is 0 Å². The van der Waals surface area contributed by atoms with Crippen molar-refractivity contribution in [1.29, 1.82) is 0 Å². The Kier molecular flexibility index (Phi) is 56.8. The summed E-state index contributed by atoms with van der Waals surface area (Å²) < 4.78 is 0. The molecule has 0 aliphatic rings. The predicted molar refractivity (Wildman–Crippen MR) is 26.4 cm³/mol. The van der Waals surface area contributed by atoms with E-state index in [1.807, 2.05) is 0 Å². The maximum atomic E-state index is 8.56. The van der Waals surface area contributed by atoms with Gasteiger partial charge in [0.15, 0.2) is 0 Å². The monoisotopic (exact) mass is 238 g/mol. The van der Waals surface area contributed by atoms with Crippen LogP contribution in [-0.2, 0) is 0 Å². The van der Waals surface area contributed by atoms with Crippen molar-refractivity contribution in [3.63, 3.8) is 0 Å². The van der Waals surface area contributed by atoms with Gasteiger partial charge < -0.3 is 21.2 Å². The molecule has 0 unspecified atom stereocenters. The molecule has 0 atom stereocenters. The molecule has 0 aromatic heterocycles. The summed E-state index contributed by atoms with van der Waals surface area (Å²) >= 11 is 0. The minimum atomic E-state index is -1.83. The van der Waals surface area contributed by atoms with E-state index in [4.69, 9.17) is 15.0 Å². The minimum absolute atomic E-state index is 0. The van der Waals surface area contributed by atoms with Crippen molar-refractivity contribution in [2.24, 2.45) is 0 Å². The van der Waals surface area contributed by atoms with Crippen LogP contribution in [0.25, 0.3) is 0 Å². The van der Waals surface area contributed by atoms with Crippen molar-refractivity contribution in [2.75, 3.05) is 0 Å². The normalized spacial score (nSPS) is 3.43. The van der Waals surface area contributed by atoms with Crippen molar-refractivity contribution in [3.05, 3.63) is 0 Å². The number of rotatable bonds is 0. The van der Waals surface area contributed by atoms with Crippen LogP contribution in [0.2, 0.25) is 0 Å². The molecule has 0 saturated carbocycles. The molecule has 0 aromatic rings. The van der Waals surface area contributed by atoms with Crippen LogP contribution >= 0.6 is 0 Å². The Morgan fingerprint density at radius 1 is 1.14 bits per heavy atom. The summed E-state index contributed by atoms with van der Waals surface area (Å²) in [5.41, 5.74) is 0. The molecular formula is CH8BaO5. The molecule has 0 rings (SSSR count). The van der Waals surface area contributed by atoms with Crippen LogP contribution in [0.5, 0.6) is 0 Å². The van der Waals surface area contributed by atoms with E-state index >= 15 is 0 Å². The fourth-order valence-electron chi connectivity index (χ4n) is 0. The van der Waals surface area contributed by atoms with E-state index in [1.54, 1.807) is 0 Å². The van der Waals surface area contributed by atoms with Gasteiger partial charge in [0.05, 0.1) is 0 Å². The molecule has 0 aromatic carbocycles. The molecule has 0 heterocycles. The van der Waals surface area contributed by atoms with Crippen LogP contribution in [0.1, 0.15) is 0 Å². The van der Waals surface area contributed by atoms with Crippen molar-refractivity contribution in [1.82, 2.24) is 0 Å². The zero-order chi connectivity index (χ0) is 3.58. The molecule has 0 fully saturated rings. The number of carbonyl (C=O) groups is 1. The Hall–Kier alpha value is 0.761. The summed E-state index contributed by atoms with van der Waals surface area (Å²) in [6.45, 7) is 0. The van der Waals surface area contributed by atoms with Gasteiger partial charge in [-0.25, -0.2) is 4.79 Å². The molecule has 0 aliphatic carbocycles. The van der Waals surface area contributed by atoms with Gasteiger partial charge in [-0.05, 0) is 0 Å².